The number of amides is 1. The quantitative estimate of drug-likeness (QED) is 0.463. The Labute approximate surface area is 145 Å². The maximum atomic E-state index is 12.4. The molecule has 0 spiro atoms. The summed E-state index contributed by atoms with van der Waals surface area (Å²) in [5.74, 6) is -1.02. The lowest BCUT2D eigenvalue weighted by atomic mass is 10.1. The number of rotatable bonds is 5. The number of ether oxygens (including phenoxy) is 3. The average molecular weight is 345 g/mol. The fourth-order valence-electron chi connectivity index (χ4n) is 2.28. The molecular formula is C18H19NO6. The Morgan fingerprint density at radius 3 is 2.40 bits per heavy atom. The van der Waals surface area contributed by atoms with Crippen molar-refractivity contribution in [2.24, 2.45) is 0 Å². The standard InChI is InChI=1S/C18H19NO6/c1-5-24-18(22)16-11(2)25-15(17(16)21)10-19(12(3)20)13-6-8-14(23-4)9-7-13/h6-10H,5H2,1-4H3. The molecule has 2 rings (SSSR count). The molecule has 0 unspecified atom stereocenters. The minimum atomic E-state index is -0.743. The second-order valence-corrected chi connectivity index (χ2v) is 5.16. The van der Waals surface area contributed by atoms with Crippen LogP contribution in [0.2, 0.25) is 0 Å². The fourth-order valence-corrected chi connectivity index (χ4v) is 2.28. The second kappa shape index (κ2) is 7.65. The van der Waals surface area contributed by atoms with Gasteiger partial charge in [-0.3, -0.25) is 14.5 Å². The molecule has 0 fully saturated rings. The van der Waals surface area contributed by atoms with E-state index >= 15 is 0 Å². The first kappa shape index (κ1) is 18.3. The smallest absolute Gasteiger partial charge is 0.345 e. The predicted molar refractivity (Wildman–Crippen MR) is 89.7 cm³/mol. The van der Waals surface area contributed by atoms with Gasteiger partial charge in [0, 0.05) is 12.6 Å². The lowest BCUT2D eigenvalue weighted by Crippen LogP contribution is -2.24. The predicted octanol–water partition coefficient (Wildman–Crippen LogP) is 2.33. The van der Waals surface area contributed by atoms with Crippen molar-refractivity contribution in [3.05, 3.63) is 47.6 Å². The summed E-state index contributed by atoms with van der Waals surface area (Å²) < 4.78 is 15.3. The van der Waals surface area contributed by atoms with Crippen molar-refractivity contribution in [3.8, 4) is 5.75 Å². The molecule has 0 radical (unpaired) electrons. The minimum absolute atomic E-state index is 0.119. The third-order valence-corrected chi connectivity index (χ3v) is 3.48. The minimum Gasteiger partial charge on any atom is -0.497 e. The molecule has 7 nitrogen and oxygen atoms in total. The van der Waals surface area contributed by atoms with E-state index in [4.69, 9.17) is 14.2 Å². The number of carbonyl (C=O) groups excluding carboxylic acids is 3. The maximum Gasteiger partial charge on any atom is 0.345 e. The highest BCUT2D eigenvalue weighted by Crippen LogP contribution is 2.27. The van der Waals surface area contributed by atoms with E-state index in [0.717, 1.165) is 0 Å². The van der Waals surface area contributed by atoms with Crippen molar-refractivity contribution in [1.29, 1.82) is 0 Å². The van der Waals surface area contributed by atoms with Gasteiger partial charge < -0.3 is 14.2 Å². The largest absolute Gasteiger partial charge is 0.497 e. The van der Waals surface area contributed by atoms with Gasteiger partial charge in [0.15, 0.2) is 5.76 Å². The first-order valence-corrected chi connectivity index (χ1v) is 7.65. The fraction of sp³-hybridized carbons (Fsp3) is 0.278. The van der Waals surface area contributed by atoms with Crippen LogP contribution in [0.1, 0.15) is 20.8 Å². The van der Waals surface area contributed by atoms with Crippen LogP contribution >= 0.6 is 0 Å². The number of esters is 1. The van der Waals surface area contributed by atoms with Crippen LogP contribution in [0, 0.1) is 0 Å². The molecule has 1 aromatic carbocycles. The van der Waals surface area contributed by atoms with Crippen molar-refractivity contribution in [3.63, 3.8) is 0 Å². The first-order chi connectivity index (χ1) is 11.9. The third-order valence-electron chi connectivity index (χ3n) is 3.48. The average Bonchev–Trinajstić information content (AvgIpc) is 2.86. The van der Waals surface area contributed by atoms with Crippen LogP contribution in [0.25, 0.3) is 0 Å². The summed E-state index contributed by atoms with van der Waals surface area (Å²) in [5.41, 5.74) is 0.366. The van der Waals surface area contributed by atoms with Crippen LogP contribution in [0.3, 0.4) is 0 Å². The third kappa shape index (κ3) is 3.88. The maximum absolute atomic E-state index is 12.4. The summed E-state index contributed by atoms with van der Waals surface area (Å²) in [7, 11) is 1.54. The van der Waals surface area contributed by atoms with Crippen LogP contribution in [0.5, 0.6) is 5.75 Å². The molecule has 0 aromatic heterocycles. The first-order valence-electron chi connectivity index (χ1n) is 7.65. The Bertz CT molecular complexity index is 760. The zero-order chi connectivity index (χ0) is 18.6. The Balaban J connectivity index is 2.31. The molecule has 1 heterocycles. The summed E-state index contributed by atoms with van der Waals surface area (Å²) in [6.07, 6.45) is 1.27. The summed E-state index contributed by atoms with van der Waals surface area (Å²) in [6, 6.07) is 6.72. The summed E-state index contributed by atoms with van der Waals surface area (Å²) in [5, 5.41) is 0. The number of benzene rings is 1. The Morgan fingerprint density at radius 1 is 1.24 bits per heavy atom. The lowest BCUT2D eigenvalue weighted by molar-refractivity contribution is -0.139. The van der Waals surface area contributed by atoms with Crippen LogP contribution in [0.4, 0.5) is 5.69 Å². The second-order valence-electron chi connectivity index (χ2n) is 5.16. The highest BCUT2D eigenvalue weighted by molar-refractivity contribution is 6.25. The monoisotopic (exact) mass is 345 g/mol. The zero-order valence-electron chi connectivity index (χ0n) is 14.5. The number of carbonyl (C=O) groups is 3. The molecule has 0 aliphatic carbocycles. The van der Waals surface area contributed by atoms with Crippen molar-refractivity contribution < 1.29 is 28.6 Å². The molecule has 7 heteroatoms. The van der Waals surface area contributed by atoms with E-state index in [2.05, 4.69) is 0 Å². The number of anilines is 1. The molecule has 0 bridgehead atoms. The van der Waals surface area contributed by atoms with E-state index in [1.807, 2.05) is 0 Å². The van der Waals surface area contributed by atoms with Crippen molar-refractivity contribution >= 4 is 23.3 Å². The normalized spacial score (nSPS) is 15.2. The van der Waals surface area contributed by atoms with Crippen molar-refractivity contribution in [2.45, 2.75) is 20.8 Å². The van der Waals surface area contributed by atoms with E-state index in [-0.39, 0.29) is 29.6 Å². The van der Waals surface area contributed by atoms with Gasteiger partial charge in [0.05, 0.1) is 19.9 Å². The van der Waals surface area contributed by atoms with Crippen LogP contribution in [-0.4, -0.2) is 31.4 Å². The van der Waals surface area contributed by atoms with Gasteiger partial charge >= 0.3 is 5.97 Å². The van der Waals surface area contributed by atoms with E-state index in [9.17, 15) is 14.4 Å². The van der Waals surface area contributed by atoms with Gasteiger partial charge in [-0.05, 0) is 38.1 Å². The molecule has 1 aliphatic rings. The number of hydrogen-bond donors (Lipinski definition) is 0. The summed E-state index contributed by atoms with van der Waals surface area (Å²) >= 11 is 0. The summed E-state index contributed by atoms with van der Waals surface area (Å²) in [4.78, 5) is 37.5. The molecule has 0 N–H and O–H groups in total. The molecule has 0 saturated carbocycles. The van der Waals surface area contributed by atoms with Crippen LogP contribution in [-0.2, 0) is 23.9 Å². The van der Waals surface area contributed by atoms with E-state index < -0.39 is 11.8 Å². The Morgan fingerprint density at radius 2 is 1.88 bits per heavy atom. The molecule has 25 heavy (non-hydrogen) atoms. The van der Waals surface area contributed by atoms with Crippen LogP contribution in [0.15, 0.2) is 47.6 Å². The van der Waals surface area contributed by atoms with Gasteiger partial charge in [0.2, 0.25) is 11.7 Å². The van der Waals surface area contributed by atoms with Gasteiger partial charge in [-0.1, -0.05) is 0 Å². The summed E-state index contributed by atoms with van der Waals surface area (Å²) in [6.45, 7) is 4.64. The number of methoxy groups -OCH3 is 1. The number of ketones is 1. The Hall–Kier alpha value is -3.09. The molecule has 1 aromatic rings. The number of allylic oxidation sites excluding steroid dienone is 2. The van der Waals surface area contributed by atoms with Crippen molar-refractivity contribution in [2.75, 3.05) is 18.6 Å². The molecule has 132 valence electrons. The lowest BCUT2D eigenvalue weighted by Gasteiger charge is -2.17. The van der Waals surface area contributed by atoms with Gasteiger partial charge in [-0.15, -0.1) is 0 Å². The molecule has 1 aliphatic heterocycles. The SMILES string of the molecule is CCOC(=O)C1=C(C)OC(=CN(C(C)=O)c2ccc(OC)cc2)C1=O. The Kier molecular flexibility index (Phi) is 5.59. The number of nitrogens with zero attached hydrogens (tertiary/aromatic N) is 1. The van der Waals surface area contributed by atoms with Crippen molar-refractivity contribution in [1.82, 2.24) is 0 Å². The topological polar surface area (TPSA) is 82.1 Å². The van der Waals surface area contributed by atoms with E-state index in [0.29, 0.717) is 11.4 Å². The van der Waals surface area contributed by atoms with Gasteiger partial charge in [-0.2, -0.15) is 0 Å². The number of hydrogen-bond acceptors (Lipinski definition) is 6. The van der Waals surface area contributed by atoms with Crippen LogP contribution < -0.4 is 9.64 Å². The molecule has 1 amide bonds. The number of Topliss-reactive ketones (excluding diaryl/α,β-unsaturated/α-hetero) is 1. The van der Waals surface area contributed by atoms with E-state index in [1.165, 1.54) is 32.1 Å². The van der Waals surface area contributed by atoms with Gasteiger partial charge in [0.1, 0.15) is 17.1 Å². The highest BCUT2D eigenvalue weighted by Gasteiger charge is 2.35. The molecular weight excluding hydrogens is 326 g/mol. The highest BCUT2D eigenvalue weighted by atomic mass is 16.5. The van der Waals surface area contributed by atoms with Gasteiger partial charge in [0.25, 0.3) is 0 Å². The molecule has 0 atom stereocenters. The zero-order valence-corrected chi connectivity index (χ0v) is 14.5. The van der Waals surface area contributed by atoms with E-state index in [1.54, 1.807) is 31.2 Å². The molecule has 0 saturated heterocycles. The van der Waals surface area contributed by atoms with Gasteiger partial charge in [-0.25, -0.2) is 4.79 Å².